The second-order valence-corrected chi connectivity index (χ2v) is 5.87. The first-order chi connectivity index (χ1) is 11.0. The monoisotopic (exact) mass is 307 g/mol. The number of anilines is 1. The molecule has 4 aromatic heterocycles. The molecule has 0 aliphatic carbocycles. The van der Waals surface area contributed by atoms with E-state index in [0.717, 1.165) is 33.6 Å². The highest BCUT2D eigenvalue weighted by Crippen LogP contribution is 2.28. The molecule has 7 heteroatoms. The van der Waals surface area contributed by atoms with Crippen LogP contribution in [0.1, 0.15) is 25.7 Å². The molecule has 0 saturated carbocycles. The molecule has 0 spiro atoms. The summed E-state index contributed by atoms with van der Waals surface area (Å²) in [5, 5.41) is 4.18. The molecule has 116 valence electrons. The van der Waals surface area contributed by atoms with Gasteiger partial charge in [0.2, 0.25) is 5.95 Å². The Balaban J connectivity index is 1.96. The summed E-state index contributed by atoms with van der Waals surface area (Å²) < 4.78 is 3.92. The van der Waals surface area contributed by atoms with Crippen molar-refractivity contribution < 1.29 is 0 Å². The van der Waals surface area contributed by atoms with Gasteiger partial charge in [-0.25, -0.2) is 19.5 Å². The molecule has 23 heavy (non-hydrogen) atoms. The van der Waals surface area contributed by atoms with Crippen molar-refractivity contribution in [3.05, 3.63) is 36.5 Å². The van der Waals surface area contributed by atoms with E-state index in [1.54, 1.807) is 10.7 Å². The van der Waals surface area contributed by atoms with Crippen LogP contribution in [0.3, 0.4) is 0 Å². The number of hydrogen-bond acceptors (Lipinski definition) is 5. The van der Waals surface area contributed by atoms with Crippen LogP contribution in [0.4, 0.5) is 5.95 Å². The van der Waals surface area contributed by atoms with Crippen LogP contribution >= 0.6 is 0 Å². The zero-order valence-corrected chi connectivity index (χ0v) is 13.2. The molecule has 0 bridgehead atoms. The smallest absolute Gasteiger partial charge is 0.238 e. The Morgan fingerprint density at radius 1 is 1.13 bits per heavy atom. The lowest BCUT2D eigenvalue weighted by Crippen LogP contribution is -2.02. The van der Waals surface area contributed by atoms with E-state index in [1.165, 1.54) is 0 Å². The Morgan fingerprint density at radius 2 is 1.96 bits per heavy atom. The van der Waals surface area contributed by atoms with Crippen LogP contribution in [-0.4, -0.2) is 29.1 Å². The highest BCUT2D eigenvalue weighted by Gasteiger charge is 2.14. The third-order valence-electron chi connectivity index (χ3n) is 3.98. The number of hydrogen-bond donors (Lipinski definition) is 1. The van der Waals surface area contributed by atoms with Gasteiger partial charge in [-0.05, 0) is 32.9 Å². The van der Waals surface area contributed by atoms with Crippen molar-refractivity contribution in [3.63, 3.8) is 0 Å². The van der Waals surface area contributed by atoms with Crippen LogP contribution in [0.15, 0.2) is 30.7 Å². The summed E-state index contributed by atoms with van der Waals surface area (Å²) in [7, 11) is 0. The third-order valence-corrected chi connectivity index (χ3v) is 3.98. The van der Waals surface area contributed by atoms with Gasteiger partial charge in [0, 0.05) is 29.6 Å². The maximum Gasteiger partial charge on any atom is 0.238 e. The molecule has 0 aromatic carbocycles. The van der Waals surface area contributed by atoms with Crippen LogP contribution in [0, 0.1) is 6.92 Å². The van der Waals surface area contributed by atoms with E-state index in [4.69, 9.17) is 5.73 Å². The van der Waals surface area contributed by atoms with Crippen molar-refractivity contribution in [2.75, 3.05) is 5.73 Å². The molecule has 4 heterocycles. The minimum Gasteiger partial charge on any atom is -0.367 e. The van der Waals surface area contributed by atoms with Crippen LogP contribution in [0.5, 0.6) is 0 Å². The number of nitrogen functional groups attached to an aromatic ring is 1. The fourth-order valence-electron chi connectivity index (χ4n) is 3.05. The number of aromatic nitrogens is 6. The Kier molecular flexibility index (Phi) is 2.84. The molecule has 4 aromatic rings. The Labute approximate surface area is 132 Å². The normalized spacial score (nSPS) is 11.8. The highest BCUT2D eigenvalue weighted by atomic mass is 15.3. The molecule has 7 nitrogen and oxygen atoms in total. The summed E-state index contributed by atoms with van der Waals surface area (Å²) >= 11 is 0. The number of fused-ring (bicyclic) bond motifs is 2. The van der Waals surface area contributed by atoms with Crippen molar-refractivity contribution in [3.8, 4) is 11.1 Å². The van der Waals surface area contributed by atoms with Gasteiger partial charge >= 0.3 is 0 Å². The van der Waals surface area contributed by atoms with Gasteiger partial charge in [-0.15, -0.1) is 5.10 Å². The number of imidazole rings is 1. The van der Waals surface area contributed by atoms with Crippen molar-refractivity contribution in [2.45, 2.75) is 26.8 Å². The SMILES string of the molecule is Cc1nc2ncc(-c3ccn4nc(N)ncc34)cc2n1C(C)C. The molecular formula is C16H17N7. The average Bonchev–Trinajstić information content (AvgIpc) is 3.05. The Bertz CT molecular complexity index is 1030. The molecule has 0 fully saturated rings. The van der Waals surface area contributed by atoms with Crippen LogP contribution in [0.25, 0.3) is 27.8 Å². The maximum absolute atomic E-state index is 5.64. The minimum absolute atomic E-state index is 0.252. The first kappa shape index (κ1) is 13.7. The number of pyridine rings is 1. The molecule has 0 amide bonds. The minimum atomic E-state index is 0.252. The van der Waals surface area contributed by atoms with E-state index in [2.05, 4.69) is 44.5 Å². The van der Waals surface area contributed by atoms with E-state index >= 15 is 0 Å². The molecule has 0 aliphatic heterocycles. The number of aryl methyl sites for hydroxylation is 1. The van der Waals surface area contributed by atoms with E-state index < -0.39 is 0 Å². The maximum atomic E-state index is 5.64. The topological polar surface area (TPSA) is 86.9 Å². The number of nitrogens with zero attached hydrogens (tertiary/aromatic N) is 6. The summed E-state index contributed by atoms with van der Waals surface area (Å²) in [5.41, 5.74) is 10.4. The van der Waals surface area contributed by atoms with Crippen molar-refractivity contribution in [2.24, 2.45) is 0 Å². The Hall–Kier alpha value is -2.96. The average molecular weight is 307 g/mol. The van der Waals surface area contributed by atoms with Gasteiger partial charge in [0.05, 0.1) is 17.2 Å². The van der Waals surface area contributed by atoms with Gasteiger partial charge in [-0.2, -0.15) is 0 Å². The molecule has 0 saturated heterocycles. The fourth-order valence-corrected chi connectivity index (χ4v) is 3.05. The van der Waals surface area contributed by atoms with Crippen LogP contribution in [0.2, 0.25) is 0 Å². The lowest BCUT2D eigenvalue weighted by molar-refractivity contribution is 0.600. The second kappa shape index (κ2) is 4.77. The lowest BCUT2D eigenvalue weighted by atomic mass is 10.1. The van der Waals surface area contributed by atoms with E-state index in [1.807, 2.05) is 25.4 Å². The lowest BCUT2D eigenvalue weighted by Gasteiger charge is -2.11. The van der Waals surface area contributed by atoms with Gasteiger partial charge in [0.1, 0.15) is 5.82 Å². The summed E-state index contributed by atoms with van der Waals surface area (Å²) in [4.78, 5) is 13.1. The summed E-state index contributed by atoms with van der Waals surface area (Å²) in [6.45, 7) is 6.29. The molecule has 2 N–H and O–H groups in total. The van der Waals surface area contributed by atoms with E-state index in [-0.39, 0.29) is 5.95 Å². The third kappa shape index (κ3) is 2.04. The van der Waals surface area contributed by atoms with Crippen molar-refractivity contribution in [1.82, 2.24) is 29.1 Å². The van der Waals surface area contributed by atoms with Gasteiger partial charge < -0.3 is 10.3 Å². The number of nitrogens with two attached hydrogens (primary N) is 1. The zero-order valence-electron chi connectivity index (χ0n) is 13.2. The van der Waals surface area contributed by atoms with E-state index in [9.17, 15) is 0 Å². The first-order valence-electron chi connectivity index (χ1n) is 7.49. The number of rotatable bonds is 2. The van der Waals surface area contributed by atoms with Crippen LogP contribution < -0.4 is 5.73 Å². The highest BCUT2D eigenvalue weighted by molar-refractivity contribution is 5.85. The first-order valence-corrected chi connectivity index (χ1v) is 7.49. The standard InChI is InChI=1S/C16H17N7/c1-9(2)23-10(3)20-15-13(23)6-11(7-18-15)12-4-5-22-14(12)8-19-16(17)21-22/h4-9H,1-3H3,(H2,17,21). The quantitative estimate of drug-likeness (QED) is 0.615. The van der Waals surface area contributed by atoms with Crippen molar-refractivity contribution >= 4 is 22.6 Å². The molecule has 0 unspecified atom stereocenters. The molecular weight excluding hydrogens is 290 g/mol. The Morgan fingerprint density at radius 3 is 2.74 bits per heavy atom. The van der Waals surface area contributed by atoms with Gasteiger partial charge in [-0.1, -0.05) is 0 Å². The van der Waals surface area contributed by atoms with Gasteiger partial charge in [0.15, 0.2) is 5.65 Å². The summed E-state index contributed by atoms with van der Waals surface area (Å²) in [6.07, 6.45) is 5.44. The molecule has 0 aliphatic rings. The fraction of sp³-hybridized carbons (Fsp3) is 0.250. The van der Waals surface area contributed by atoms with Crippen molar-refractivity contribution in [1.29, 1.82) is 0 Å². The summed E-state index contributed by atoms with van der Waals surface area (Å²) in [6, 6.07) is 4.44. The second-order valence-electron chi connectivity index (χ2n) is 5.87. The van der Waals surface area contributed by atoms with Gasteiger partial charge in [0.25, 0.3) is 0 Å². The van der Waals surface area contributed by atoms with E-state index in [0.29, 0.717) is 6.04 Å². The molecule has 0 atom stereocenters. The predicted octanol–water partition coefficient (Wildman–Crippen LogP) is 2.61. The predicted molar refractivity (Wildman–Crippen MR) is 89.0 cm³/mol. The summed E-state index contributed by atoms with van der Waals surface area (Å²) in [5.74, 6) is 1.22. The largest absolute Gasteiger partial charge is 0.367 e. The zero-order chi connectivity index (χ0) is 16.1. The molecule has 0 radical (unpaired) electrons. The van der Waals surface area contributed by atoms with Gasteiger partial charge in [-0.3, -0.25) is 0 Å². The van der Waals surface area contributed by atoms with Crippen LogP contribution in [-0.2, 0) is 0 Å². The molecule has 4 rings (SSSR count).